The molecule has 0 saturated carbocycles. The van der Waals surface area contributed by atoms with Crippen molar-refractivity contribution in [3.63, 3.8) is 0 Å². The minimum absolute atomic E-state index is 0.0238. The van der Waals surface area contributed by atoms with Crippen LogP contribution in [-0.2, 0) is 13.1 Å². The highest BCUT2D eigenvalue weighted by Gasteiger charge is 2.16. The first kappa shape index (κ1) is 12.3. The lowest BCUT2D eigenvalue weighted by molar-refractivity contribution is 0.0771. The third kappa shape index (κ3) is 2.42. The van der Waals surface area contributed by atoms with Crippen LogP contribution in [0.1, 0.15) is 29.1 Å². The molecule has 0 aromatic carbocycles. The van der Waals surface area contributed by atoms with Gasteiger partial charge in [0.2, 0.25) is 0 Å². The summed E-state index contributed by atoms with van der Waals surface area (Å²) in [5, 5.41) is 6.79. The molecule has 6 heteroatoms. The molecule has 2 heterocycles. The quantitative estimate of drug-likeness (QED) is 0.883. The Morgan fingerprint density at radius 1 is 1.56 bits per heavy atom. The summed E-state index contributed by atoms with van der Waals surface area (Å²) in [5.41, 5.74) is 0.687. The first-order chi connectivity index (χ1) is 8.61. The molecule has 0 saturated heterocycles. The van der Waals surface area contributed by atoms with E-state index in [4.69, 9.17) is 0 Å². The zero-order valence-corrected chi connectivity index (χ0v) is 10.8. The van der Waals surface area contributed by atoms with E-state index in [0.717, 1.165) is 12.4 Å². The average Bonchev–Trinajstić information content (AvgIpc) is 2.96. The number of aryl methyl sites for hydroxylation is 2. The topological polar surface area (TPSA) is 66.8 Å². The molecule has 0 fully saturated rings. The zero-order chi connectivity index (χ0) is 13.1. The predicted molar refractivity (Wildman–Crippen MR) is 67.0 cm³/mol. The molecule has 0 atom stereocenters. The zero-order valence-electron chi connectivity index (χ0n) is 10.8. The monoisotopic (exact) mass is 247 g/mol. The molecule has 0 spiro atoms. The number of aromatic nitrogens is 4. The first-order valence-corrected chi connectivity index (χ1v) is 5.90. The average molecular weight is 247 g/mol. The standard InChI is InChI=1S/C12H17N5O/c1-4-17-7-5-6-10(17)12(18)16(3)8-11-13-9(2)14-15-11/h5-7H,4,8H2,1-3H3,(H,13,14,15). The van der Waals surface area contributed by atoms with Crippen molar-refractivity contribution in [1.82, 2.24) is 24.6 Å². The molecule has 0 aliphatic heterocycles. The fourth-order valence-corrected chi connectivity index (χ4v) is 1.82. The van der Waals surface area contributed by atoms with Gasteiger partial charge in [-0.05, 0) is 26.0 Å². The van der Waals surface area contributed by atoms with Gasteiger partial charge in [0.1, 0.15) is 11.5 Å². The number of nitrogens with one attached hydrogen (secondary N) is 1. The maximum absolute atomic E-state index is 12.2. The number of carbonyl (C=O) groups excluding carboxylic acids is 1. The van der Waals surface area contributed by atoms with Gasteiger partial charge in [0.25, 0.3) is 5.91 Å². The largest absolute Gasteiger partial charge is 0.344 e. The molecule has 2 aromatic heterocycles. The highest BCUT2D eigenvalue weighted by molar-refractivity contribution is 5.92. The van der Waals surface area contributed by atoms with E-state index in [-0.39, 0.29) is 5.91 Å². The van der Waals surface area contributed by atoms with Crippen molar-refractivity contribution in [2.45, 2.75) is 26.9 Å². The van der Waals surface area contributed by atoms with Crippen LogP contribution < -0.4 is 0 Å². The van der Waals surface area contributed by atoms with Gasteiger partial charge in [0.15, 0.2) is 5.82 Å². The van der Waals surface area contributed by atoms with Gasteiger partial charge in [-0.2, -0.15) is 5.10 Å². The lowest BCUT2D eigenvalue weighted by Crippen LogP contribution is -2.28. The Balaban J connectivity index is 2.09. The van der Waals surface area contributed by atoms with Crippen LogP contribution in [0.3, 0.4) is 0 Å². The molecule has 0 aliphatic rings. The first-order valence-electron chi connectivity index (χ1n) is 5.90. The SMILES string of the molecule is CCn1cccc1C(=O)N(C)Cc1n[nH]c(C)n1. The second-order valence-electron chi connectivity index (χ2n) is 4.18. The lowest BCUT2D eigenvalue weighted by atomic mass is 10.3. The molecule has 1 N–H and O–H groups in total. The molecule has 2 aromatic rings. The van der Waals surface area contributed by atoms with E-state index in [1.807, 2.05) is 36.7 Å². The maximum Gasteiger partial charge on any atom is 0.270 e. The van der Waals surface area contributed by atoms with Crippen LogP contribution >= 0.6 is 0 Å². The summed E-state index contributed by atoms with van der Waals surface area (Å²) >= 11 is 0. The van der Waals surface area contributed by atoms with Crippen molar-refractivity contribution in [2.75, 3.05) is 7.05 Å². The Morgan fingerprint density at radius 2 is 2.33 bits per heavy atom. The smallest absolute Gasteiger partial charge is 0.270 e. The third-order valence-electron chi connectivity index (χ3n) is 2.76. The molecular formula is C12H17N5O. The van der Waals surface area contributed by atoms with E-state index < -0.39 is 0 Å². The Morgan fingerprint density at radius 3 is 2.94 bits per heavy atom. The molecule has 6 nitrogen and oxygen atoms in total. The van der Waals surface area contributed by atoms with E-state index in [0.29, 0.717) is 18.1 Å². The Kier molecular flexibility index (Phi) is 3.45. The number of aromatic amines is 1. The number of nitrogens with zero attached hydrogens (tertiary/aromatic N) is 4. The number of amides is 1. The molecular weight excluding hydrogens is 230 g/mol. The van der Waals surface area contributed by atoms with Gasteiger partial charge in [-0.25, -0.2) is 4.98 Å². The van der Waals surface area contributed by atoms with Crippen molar-refractivity contribution in [2.24, 2.45) is 0 Å². The minimum Gasteiger partial charge on any atom is -0.344 e. The van der Waals surface area contributed by atoms with Gasteiger partial charge in [0.05, 0.1) is 6.54 Å². The molecule has 1 amide bonds. The summed E-state index contributed by atoms with van der Waals surface area (Å²) < 4.78 is 1.92. The Labute approximate surface area is 106 Å². The number of carbonyl (C=O) groups is 1. The van der Waals surface area contributed by atoms with E-state index in [1.165, 1.54) is 0 Å². The minimum atomic E-state index is -0.0238. The second-order valence-corrected chi connectivity index (χ2v) is 4.18. The lowest BCUT2D eigenvalue weighted by Gasteiger charge is -2.16. The number of hydrogen-bond donors (Lipinski definition) is 1. The van der Waals surface area contributed by atoms with Crippen molar-refractivity contribution in [3.05, 3.63) is 35.7 Å². The fourth-order valence-electron chi connectivity index (χ4n) is 1.82. The number of rotatable bonds is 4. The van der Waals surface area contributed by atoms with Crippen molar-refractivity contribution < 1.29 is 4.79 Å². The van der Waals surface area contributed by atoms with Gasteiger partial charge in [-0.1, -0.05) is 0 Å². The summed E-state index contributed by atoms with van der Waals surface area (Å²) in [4.78, 5) is 18.0. The fraction of sp³-hybridized carbons (Fsp3) is 0.417. The van der Waals surface area contributed by atoms with Gasteiger partial charge in [-0.3, -0.25) is 9.89 Å². The molecule has 0 unspecified atom stereocenters. The second kappa shape index (κ2) is 5.03. The Bertz CT molecular complexity index is 542. The Hall–Kier alpha value is -2.11. The van der Waals surface area contributed by atoms with Crippen molar-refractivity contribution in [3.8, 4) is 0 Å². The predicted octanol–water partition coefficient (Wildman–Crippen LogP) is 1.21. The molecule has 96 valence electrons. The molecule has 0 bridgehead atoms. The van der Waals surface area contributed by atoms with Crippen molar-refractivity contribution >= 4 is 5.91 Å². The normalized spacial score (nSPS) is 10.6. The van der Waals surface area contributed by atoms with Crippen LogP contribution in [0.2, 0.25) is 0 Å². The van der Waals surface area contributed by atoms with E-state index in [2.05, 4.69) is 15.2 Å². The van der Waals surface area contributed by atoms with Crippen LogP contribution in [0.5, 0.6) is 0 Å². The van der Waals surface area contributed by atoms with Crippen molar-refractivity contribution in [1.29, 1.82) is 0 Å². The van der Waals surface area contributed by atoms with Gasteiger partial charge >= 0.3 is 0 Å². The summed E-state index contributed by atoms with van der Waals surface area (Å²) in [6.07, 6.45) is 1.90. The summed E-state index contributed by atoms with van der Waals surface area (Å²) in [7, 11) is 1.75. The third-order valence-corrected chi connectivity index (χ3v) is 2.76. The summed E-state index contributed by atoms with van der Waals surface area (Å²) in [5.74, 6) is 1.35. The molecule has 0 radical (unpaired) electrons. The van der Waals surface area contributed by atoms with E-state index in [9.17, 15) is 4.79 Å². The molecule has 18 heavy (non-hydrogen) atoms. The highest BCUT2D eigenvalue weighted by Crippen LogP contribution is 2.07. The summed E-state index contributed by atoms with van der Waals surface area (Å²) in [6, 6.07) is 3.70. The van der Waals surface area contributed by atoms with Gasteiger partial charge in [0, 0.05) is 19.8 Å². The molecule has 2 rings (SSSR count). The highest BCUT2D eigenvalue weighted by atomic mass is 16.2. The number of hydrogen-bond acceptors (Lipinski definition) is 3. The van der Waals surface area contributed by atoms with Crippen LogP contribution in [0.4, 0.5) is 0 Å². The van der Waals surface area contributed by atoms with E-state index >= 15 is 0 Å². The van der Waals surface area contributed by atoms with Crippen LogP contribution in [0.25, 0.3) is 0 Å². The maximum atomic E-state index is 12.2. The number of H-pyrrole nitrogens is 1. The van der Waals surface area contributed by atoms with Crippen LogP contribution in [-0.4, -0.2) is 37.6 Å². The summed E-state index contributed by atoms with van der Waals surface area (Å²) in [6.45, 7) is 5.02. The van der Waals surface area contributed by atoms with Gasteiger partial charge < -0.3 is 9.47 Å². The van der Waals surface area contributed by atoms with Gasteiger partial charge in [-0.15, -0.1) is 0 Å². The van der Waals surface area contributed by atoms with Crippen LogP contribution in [0.15, 0.2) is 18.3 Å². The molecule has 0 aliphatic carbocycles. The van der Waals surface area contributed by atoms with E-state index in [1.54, 1.807) is 11.9 Å². The van der Waals surface area contributed by atoms with Crippen LogP contribution in [0, 0.1) is 6.92 Å².